The van der Waals surface area contributed by atoms with Gasteiger partial charge in [0.2, 0.25) is 5.91 Å². The number of carbonyl (C=O) groups is 2. The lowest BCUT2D eigenvalue weighted by molar-refractivity contribution is -0.135. The molecule has 5 rings (SSSR count). The number of nitrogens with one attached hydrogen (secondary N) is 1. The van der Waals surface area contributed by atoms with Crippen LogP contribution in [0.2, 0.25) is 5.02 Å². The van der Waals surface area contributed by atoms with E-state index >= 15 is 0 Å². The number of aromatic nitrogens is 2. The number of fused-ring (bicyclic) bond motifs is 1. The summed E-state index contributed by atoms with van der Waals surface area (Å²) in [5, 5.41) is 3.43. The SMILES string of the molecule is O=C(NCCCCCc1nc2ccccc2n1CC(=O)N(Cc1ccccc1)C1CCCCC1)c1ccccc1Cl. The third-order valence-electron chi connectivity index (χ3n) is 8.04. The molecular formula is C34H39ClN4O2. The maximum atomic E-state index is 14.0. The molecule has 1 aromatic heterocycles. The fraction of sp³-hybridized carbons (Fsp3) is 0.382. The van der Waals surface area contributed by atoms with Crippen LogP contribution >= 0.6 is 11.6 Å². The Labute approximate surface area is 247 Å². The zero-order chi connectivity index (χ0) is 28.4. The Bertz CT molecular complexity index is 1450. The van der Waals surface area contributed by atoms with Gasteiger partial charge in [-0.05, 0) is 55.5 Å². The van der Waals surface area contributed by atoms with Crippen LogP contribution in [0.5, 0.6) is 0 Å². The zero-order valence-corrected chi connectivity index (χ0v) is 24.4. The fourth-order valence-corrected chi connectivity index (χ4v) is 6.06. The highest BCUT2D eigenvalue weighted by atomic mass is 35.5. The van der Waals surface area contributed by atoms with E-state index in [1.807, 2.05) is 48.5 Å². The molecule has 0 unspecified atom stereocenters. The Morgan fingerprint density at radius 2 is 1.61 bits per heavy atom. The van der Waals surface area contributed by atoms with E-state index in [0.29, 0.717) is 30.2 Å². The molecule has 1 aliphatic rings. The molecule has 4 aromatic rings. The first kappa shape index (κ1) is 28.9. The van der Waals surface area contributed by atoms with Crippen LogP contribution in [0.1, 0.15) is 73.1 Å². The number of unbranched alkanes of at least 4 members (excludes halogenated alkanes) is 2. The van der Waals surface area contributed by atoms with E-state index in [2.05, 4.69) is 33.0 Å². The van der Waals surface area contributed by atoms with E-state index in [1.165, 1.54) is 24.8 Å². The van der Waals surface area contributed by atoms with Crippen molar-refractivity contribution < 1.29 is 9.59 Å². The summed E-state index contributed by atoms with van der Waals surface area (Å²) >= 11 is 6.14. The lowest BCUT2D eigenvalue weighted by Gasteiger charge is -2.35. The summed E-state index contributed by atoms with van der Waals surface area (Å²) in [5.41, 5.74) is 3.60. The molecule has 1 fully saturated rings. The molecule has 0 bridgehead atoms. The molecule has 214 valence electrons. The van der Waals surface area contributed by atoms with Crippen molar-refractivity contribution in [1.82, 2.24) is 19.8 Å². The zero-order valence-electron chi connectivity index (χ0n) is 23.6. The van der Waals surface area contributed by atoms with Gasteiger partial charge in [0.25, 0.3) is 5.91 Å². The number of benzene rings is 3. The van der Waals surface area contributed by atoms with E-state index in [9.17, 15) is 9.59 Å². The van der Waals surface area contributed by atoms with Crippen molar-refractivity contribution in [2.24, 2.45) is 0 Å². The molecule has 2 amide bonds. The summed E-state index contributed by atoms with van der Waals surface area (Å²) < 4.78 is 2.12. The number of aryl methyl sites for hydroxylation is 1. The Balaban J connectivity index is 1.22. The summed E-state index contributed by atoms with van der Waals surface area (Å²) in [4.78, 5) is 33.4. The van der Waals surface area contributed by atoms with Crippen molar-refractivity contribution in [1.29, 1.82) is 0 Å². The normalized spacial score (nSPS) is 13.8. The lowest BCUT2D eigenvalue weighted by atomic mass is 9.93. The van der Waals surface area contributed by atoms with Crippen molar-refractivity contribution in [2.75, 3.05) is 6.54 Å². The lowest BCUT2D eigenvalue weighted by Crippen LogP contribution is -2.42. The van der Waals surface area contributed by atoms with Crippen LogP contribution in [0, 0.1) is 0 Å². The predicted octanol–water partition coefficient (Wildman–Crippen LogP) is 7.19. The van der Waals surface area contributed by atoms with E-state index in [0.717, 1.165) is 55.4 Å². The minimum Gasteiger partial charge on any atom is -0.352 e. The summed E-state index contributed by atoms with van der Waals surface area (Å²) in [5.74, 6) is 0.962. The second-order valence-corrected chi connectivity index (χ2v) is 11.4. The molecule has 6 nitrogen and oxygen atoms in total. The Morgan fingerprint density at radius 1 is 0.878 bits per heavy atom. The van der Waals surface area contributed by atoms with Gasteiger partial charge in [-0.15, -0.1) is 0 Å². The molecule has 0 atom stereocenters. The van der Waals surface area contributed by atoms with Crippen molar-refractivity contribution in [2.45, 2.75) is 76.9 Å². The average Bonchev–Trinajstić information content (AvgIpc) is 3.35. The number of amides is 2. The summed E-state index contributed by atoms with van der Waals surface area (Å²) in [7, 11) is 0. The van der Waals surface area contributed by atoms with Crippen LogP contribution in [0.4, 0.5) is 0 Å². The van der Waals surface area contributed by atoms with Crippen molar-refractivity contribution in [3.05, 3.63) is 101 Å². The van der Waals surface area contributed by atoms with Gasteiger partial charge in [0.15, 0.2) is 0 Å². The predicted molar refractivity (Wildman–Crippen MR) is 165 cm³/mol. The smallest absolute Gasteiger partial charge is 0.252 e. The monoisotopic (exact) mass is 570 g/mol. The highest BCUT2D eigenvalue weighted by Crippen LogP contribution is 2.26. The van der Waals surface area contributed by atoms with Gasteiger partial charge in [-0.25, -0.2) is 4.98 Å². The number of imidazole rings is 1. The average molecular weight is 571 g/mol. The number of para-hydroxylation sites is 2. The van der Waals surface area contributed by atoms with Gasteiger partial charge in [0.05, 0.1) is 21.6 Å². The Kier molecular flexibility index (Phi) is 10.1. The second-order valence-electron chi connectivity index (χ2n) is 10.9. The number of nitrogens with zero attached hydrogens (tertiary/aromatic N) is 3. The van der Waals surface area contributed by atoms with Crippen LogP contribution in [0.25, 0.3) is 11.0 Å². The number of halogens is 1. The summed E-state index contributed by atoms with van der Waals surface area (Å²) in [6.07, 6.45) is 9.28. The number of hydrogen-bond acceptors (Lipinski definition) is 3. The van der Waals surface area contributed by atoms with E-state index in [4.69, 9.17) is 16.6 Å². The highest BCUT2D eigenvalue weighted by Gasteiger charge is 2.27. The van der Waals surface area contributed by atoms with Crippen molar-refractivity contribution in [3.63, 3.8) is 0 Å². The number of hydrogen-bond donors (Lipinski definition) is 1. The topological polar surface area (TPSA) is 67.2 Å². The number of rotatable bonds is 12. The van der Waals surface area contributed by atoms with E-state index < -0.39 is 0 Å². The van der Waals surface area contributed by atoms with Crippen LogP contribution in [-0.2, 0) is 24.3 Å². The number of carbonyl (C=O) groups excluding carboxylic acids is 2. The highest BCUT2D eigenvalue weighted by molar-refractivity contribution is 6.33. The summed E-state index contributed by atoms with van der Waals surface area (Å²) in [6, 6.07) is 25.8. The van der Waals surface area contributed by atoms with Gasteiger partial charge < -0.3 is 14.8 Å². The quantitative estimate of drug-likeness (QED) is 0.183. The standard InChI is InChI=1S/C34H39ClN4O2/c35-29-19-10-9-18-28(29)34(41)36-23-13-3-8-22-32-37-30-20-11-12-21-31(30)39(32)25-33(40)38(27-16-6-2-7-17-27)24-26-14-4-1-5-15-26/h1,4-5,9-12,14-15,18-21,27H,2-3,6-8,13,16-17,22-25H2,(H,36,41). The van der Waals surface area contributed by atoms with E-state index in [1.54, 1.807) is 12.1 Å². The first-order chi connectivity index (χ1) is 20.1. The van der Waals surface area contributed by atoms with Crippen LogP contribution < -0.4 is 5.32 Å². The Morgan fingerprint density at radius 3 is 2.41 bits per heavy atom. The molecule has 3 aromatic carbocycles. The molecule has 7 heteroatoms. The molecule has 0 spiro atoms. The maximum Gasteiger partial charge on any atom is 0.252 e. The molecule has 0 radical (unpaired) electrons. The molecular weight excluding hydrogens is 532 g/mol. The molecule has 0 saturated heterocycles. The maximum absolute atomic E-state index is 14.0. The third-order valence-corrected chi connectivity index (χ3v) is 8.37. The van der Waals surface area contributed by atoms with Crippen LogP contribution in [-0.4, -0.2) is 38.9 Å². The minimum absolute atomic E-state index is 0.145. The van der Waals surface area contributed by atoms with Crippen molar-refractivity contribution in [3.8, 4) is 0 Å². The van der Waals surface area contributed by atoms with Gasteiger partial charge in [-0.3, -0.25) is 9.59 Å². The van der Waals surface area contributed by atoms with Crippen LogP contribution in [0.3, 0.4) is 0 Å². The van der Waals surface area contributed by atoms with Gasteiger partial charge in [0, 0.05) is 25.6 Å². The molecule has 41 heavy (non-hydrogen) atoms. The van der Waals surface area contributed by atoms with Gasteiger partial charge in [-0.2, -0.15) is 0 Å². The van der Waals surface area contributed by atoms with Crippen molar-refractivity contribution >= 4 is 34.4 Å². The Hall–Kier alpha value is -3.64. The van der Waals surface area contributed by atoms with Gasteiger partial charge in [0.1, 0.15) is 12.4 Å². The van der Waals surface area contributed by atoms with Gasteiger partial charge >= 0.3 is 0 Å². The first-order valence-electron chi connectivity index (χ1n) is 14.9. The molecule has 1 N–H and O–H groups in total. The summed E-state index contributed by atoms with van der Waals surface area (Å²) in [6.45, 7) is 1.54. The minimum atomic E-state index is -0.145. The fourth-order valence-electron chi connectivity index (χ4n) is 5.84. The van der Waals surface area contributed by atoms with E-state index in [-0.39, 0.29) is 17.9 Å². The molecule has 1 saturated carbocycles. The molecule has 1 aliphatic carbocycles. The molecule has 0 aliphatic heterocycles. The third kappa shape index (κ3) is 7.56. The van der Waals surface area contributed by atoms with Gasteiger partial charge in [-0.1, -0.05) is 91.9 Å². The first-order valence-corrected chi connectivity index (χ1v) is 15.3. The van der Waals surface area contributed by atoms with Crippen LogP contribution in [0.15, 0.2) is 78.9 Å². The largest absolute Gasteiger partial charge is 0.352 e. The second kappa shape index (κ2) is 14.3. The molecule has 1 heterocycles.